The number of aromatic amines is 1. The van der Waals surface area contributed by atoms with Gasteiger partial charge in [0.1, 0.15) is 18.1 Å². The maximum atomic E-state index is 12.9. The predicted octanol–water partition coefficient (Wildman–Crippen LogP) is -3.70. The number of carboxylic acids is 2. The quantitative estimate of drug-likeness (QED) is 0.0915. The van der Waals surface area contributed by atoms with Gasteiger partial charge in [0, 0.05) is 18.3 Å². The Labute approximate surface area is 205 Å². The number of aromatic nitrogens is 2. The standard InChI is InChI=1S/C20H32N8O8/c21-4-2-1-3-12(18(33)28-14(20(35)36)5-10-8-24-9-25-10)26-19(34)13(7-15(23)29)27-17(32)11(22)6-16(30)31/h8-9,11-14H,1-7,21-22H2,(H2,23,29)(H,24,25)(H,26,34)(H,27,32)(H,28,33)(H,30,31)(H,35,36). The van der Waals surface area contributed by atoms with Crippen LogP contribution in [0.3, 0.4) is 0 Å². The largest absolute Gasteiger partial charge is 0.481 e. The maximum absolute atomic E-state index is 12.9. The number of hydrogen-bond donors (Lipinski definition) is 9. The lowest BCUT2D eigenvalue weighted by Crippen LogP contribution is -2.58. The molecule has 0 fully saturated rings. The number of carbonyl (C=O) groups is 6. The summed E-state index contributed by atoms with van der Waals surface area (Å²) in [5.41, 5.74) is 16.6. The van der Waals surface area contributed by atoms with Crippen LogP contribution in [0.15, 0.2) is 12.5 Å². The second-order valence-electron chi connectivity index (χ2n) is 7.96. The number of H-pyrrole nitrogens is 1. The molecule has 16 nitrogen and oxygen atoms in total. The third-order valence-electron chi connectivity index (χ3n) is 4.94. The molecule has 1 aromatic heterocycles. The van der Waals surface area contributed by atoms with E-state index in [1.807, 2.05) is 0 Å². The van der Waals surface area contributed by atoms with E-state index < -0.39 is 72.6 Å². The van der Waals surface area contributed by atoms with Gasteiger partial charge in [0.05, 0.1) is 25.2 Å². The van der Waals surface area contributed by atoms with Crippen LogP contribution in [-0.4, -0.2) is 86.5 Å². The van der Waals surface area contributed by atoms with Crippen LogP contribution in [0.1, 0.15) is 37.8 Å². The van der Waals surface area contributed by atoms with Crippen molar-refractivity contribution in [3.05, 3.63) is 18.2 Å². The van der Waals surface area contributed by atoms with Crippen molar-refractivity contribution in [2.24, 2.45) is 17.2 Å². The average Bonchev–Trinajstić information content (AvgIpc) is 3.29. The van der Waals surface area contributed by atoms with Crippen LogP contribution < -0.4 is 33.2 Å². The lowest BCUT2D eigenvalue weighted by Gasteiger charge is -2.24. The molecule has 200 valence electrons. The van der Waals surface area contributed by atoms with Crippen molar-refractivity contribution < 1.29 is 39.0 Å². The molecule has 1 aromatic rings. The van der Waals surface area contributed by atoms with Crippen LogP contribution in [-0.2, 0) is 35.2 Å². The van der Waals surface area contributed by atoms with E-state index in [1.165, 1.54) is 12.5 Å². The Morgan fingerprint density at radius 2 is 1.53 bits per heavy atom. The molecule has 36 heavy (non-hydrogen) atoms. The second-order valence-corrected chi connectivity index (χ2v) is 7.96. The van der Waals surface area contributed by atoms with Gasteiger partial charge in [0.25, 0.3) is 0 Å². The Bertz CT molecular complexity index is 923. The maximum Gasteiger partial charge on any atom is 0.326 e. The van der Waals surface area contributed by atoms with E-state index in [-0.39, 0.29) is 12.8 Å². The summed E-state index contributed by atoms with van der Waals surface area (Å²) in [5.74, 6) is -6.45. The fourth-order valence-electron chi connectivity index (χ4n) is 3.09. The summed E-state index contributed by atoms with van der Waals surface area (Å²) in [7, 11) is 0. The fraction of sp³-hybridized carbons (Fsp3) is 0.550. The Balaban J connectivity index is 2.99. The molecule has 0 radical (unpaired) electrons. The first-order valence-electron chi connectivity index (χ1n) is 11.0. The summed E-state index contributed by atoms with van der Waals surface area (Å²) >= 11 is 0. The number of nitrogens with one attached hydrogen (secondary N) is 4. The number of aliphatic carboxylic acids is 2. The number of amides is 4. The van der Waals surface area contributed by atoms with Crippen molar-refractivity contribution in [2.45, 2.75) is 62.7 Å². The third kappa shape index (κ3) is 10.9. The lowest BCUT2D eigenvalue weighted by molar-refractivity contribution is -0.142. The molecule has 0 saturated heterocycles. The van der Waals surface area contributed by atoms with Gasteiger partial charge in [-0.3, -0.25) is 24.0 Å². The van der Waals surface area contributed by atoms with Gasteiger partial charge < -0.3 is 48.3 Å². The number of nitrogens with two attached hydrogens (primary N) is 3. The van der Waals surface area contributed by atoms with E-state index in [4.69, 9.17) is 22.3 Å². The topological polar surface area (TPSA) is 286 Å². The summed E-state index contributed by atoms with van der Waals surface area (Å²) in [6.07, 6.45) is 2.22. The molecular formula is C20H32N8O8. The Morgan fingerprint density at radius 1 is 0.917 bits per heavy atom. The summed E-state index contributed by atoms with van der Waals surface area (Å²) in [6, 6.07) is -5.65. The van der Waals surface area contributed by atoms with Crippen LogP contribution in [0, 0.1) is 0 Å². The number of carboxylic acid groups (broad SMARTS) is 2. The molecule has 0 bridgehead atoms. The third-order valence-corrected chi connectivity index (χ3v) is 4.94. The Hall–Kier alpha value is -4.05. The van der Waals surface area contributed by atoms with Gasteiger partial charge in [-0.05, 0) is 25.8 Å². The molecule has 1 heterocycles. The van der Waals surface area contributed by atoms with Gasteiger partial charge in [-0.2, -0.15) is 0 Å². The van der Waals surface area contributed by atoms with Crippen LogP contribution >= 0.6 is 0 Å². The summed E-state index contributed by atoms with van der Waals surface area (Å²) < 4.78 is 0. The molecule has 0 saturated carbocycles. The highest BCUT2D eigenvalue weighted by atomic mass is 16.4. The first kappa shape index (κ1) is 30.0. The number of imidazole rings is 1. The van der Waals surface area contributed by atoms with Gasteiger partial charge in [0.15, 0.2) is 0 Å². The molecule has 0 aliphatic heterocycles. The first-order valence-corrected chi connectivity index (χ1v) is 11.0. The van der Waals surface area contributed by atoms with Gasteiger partial charge in [-0.15, -0.1) is 0 Å². The normalized spacial score (nSPS) is 14.1. The first-order chi connectivity index (χ1) is 16.9. The number of hydrogen-bond acceptors (Lipinski definition) is 9. The fourth-order valence-corrected chi connectivity index (χ4v) is 3.09. The molecule has 12 N–H and O–H groups in total. The van der Waals surface area contributed by atoms with Crippen LogP contribution in [0.4, 0.5) is 0 Å². The second kappa shape index (κ2) is 15.0. The van der Waals surface area contributed by atoms with Crippen molar-refractivity contribution in [1.29, 1.82) is 0 Å². The number of nitrogens with zero attached hydrogens (tertiary/aromatic N) is 1. The predicted molar refractivity (Wildman–Crippen MR) is 123 cm³/mol. The van der Waals surface area contributed by atoms with Crippen molar-refractivity contribution in [1.82, 2.24) is 25.9 Å². The highest BCUT2D eigenvalue weighted by molar-refractivity contribution is 5.96. The summed E-state index contributed by atoms with van der Waals surface area (Å²) in [4.78, 5) is 78.3. The van der Waals surface area contributed by atoms with Crippen molar-refractivity contribution in [3.8, 4) is 0 Å². The van der Waals surface area contributed by atoms with Gasteiger partial charge in [0.2, 0.25) is 23.6 Å². The van der Waals surface area contributed by atoms with Crippen molar-refractivity contribution >= 4 is 35.6 Å². The van der Waals surface area contributed by atoms with Crippen molar-refractivity contribution in [3.63, 3.8) is 0 Å². The zero-order valence-corrected chi connectivity index (χ0v) is 19.4. The number of carbonyl (C=O) groups excluding carboxylic acids is 4. The molecular weight excluding hydrogens is 480 g/mol. The van der Waals surface area contributed by atoms with E-state index in [0.29, 0.717) is 25.1 Å². The van der Waals surface area contributed by atoms with Gasteiger partial charge in [-0.1, -0.05) is 0 Å². The van der Waals surface area contributed by atoms with Gasteiger partial charge in [-0.25, -0.2) is 9.78 Å². The Morgan fingerprint density at radius 3 is 2.06 bits per heavy atom. The number of unbranched alkanes of at least 4 members (excludes halogenated alkanes) is 1. The van der Waals surface area contributed by atoms with Crippen LogP contribution in [0.5, 0.6) is 0 Å². The van der Waals surface area contributed by atoms with E-state index in [1.54, 1.807) is 0 Å². The van der Waals surface area contributed by atoms with Crippen LogP contribution in [0.25, 0.3) is 0 Å². The van der Waals surface area contributed by atoms with E-state index in [2.05, 4.69) is 25.9 Å². The monoisotopic (exact) mass is 512 g/mol. The molecule has 0 aliphatic carbocycles. The Kier molecular flexibility index (Phi) is 12.5. The van der Waals surface area contributed by atoms with Crippen molar-refractivity contribution in [2.75, 3.05) is 6.54 Å². The molecule has 0 spiro atoms. The average molecular weight is 513 g/mol. The highest BCUT2D eigenvalue weighted by Gasteiger charge is 2.31. The molecule has 4 amide bonds. The van der Waals surface area contributed by atoms with Crippen LogP contribution in [0.2, 0.25) is 0 Å². The minimum atomic E-state index is -1.56. The minimum absolute atomic E-state index is 0.0704. The lowest BCUT2D eigenvalue weighted by atomic mass is 10.1. The number of primary amides is 1. The molecule has 4 atom stereocenters. The summed E-state index contributed by atoms with van der Waals surface area (Å²) in [6.45, 7) is 0.307. The summed E-state index contributed by atoms with van der Waals surface area (Å²) in [5, 5.41) is 25.2. The number of rotatable bonds is 17. The SMILES string of the molecule is NCCCCC(NC(=O)C(CC(N)=O)NC(=O)C(N)CC(=O)O)C(=O)NC(Cc1cnc[nH]1)C(=O)O. The van der Waals surface area contributed by atoms with E-state index in [9.17, 15) is 33.9 Å². The smallest absolute Gasteiger partial charge is 0.326 e. The molecule has 1 rings (SSSR count). The molecule has 0 aliphatic rings. The minimum Gasteiger partial charge on any atom is -0.481 e. The van der Waals surface area contributed by atoms with Gasteiger partial charge >= 0.3 is 11.9 Å². The molecule has 4 unspecified atom stereocenters. The van der Waals surface area contributed by atoms with E-state index >= 15 is 0 Å². The van der Waals surface area contributed by atoms with E-state index in [0.717, 1.165) is 0 Å². The highest BCUT2D eigenvalue weighted by Crippen LogP contribution is 2.06. The molecule has 0 aromatic carbocycles. The zero-order chi connectivity index (χ0) is 27.3. The molecule has 16 heteroatoms. The zero-order valence-electron chi connectivity index (χ0n) is 19.4.